The van der Waals surface area contributed by atoms with Crippen molar-refractivity contribution < 1.29 is 14.6 Å². The lowest BCUT2D eigenvalue weighted by Crippen LogP contribution is -2.49. The first-order chi connectivity index (χ1) is 9.99. The molecule has 2 N–H and O–H groups in total. The van der Waals surface area contributed by atoms with Crippen LogP contribution in [0, 0.1) is 5.92 Å². The quantitative estimate of drug-likeness (QED) is 0.810. The summed E-state index contributed by atoms with van der Waals surface area (Å²) in [5, 5.41) is 12.5. The van der Waals surface area contributed by atoms with Crippen LogP contribution < -0.4 is 10.1 Å². The second kappa shape index (κ2) is 6.94. The second-order valence-electron chi connectivity index (χ2n) is 6.33. The molecule has 0 saturated heterocycles. The predicted molar refractivity (Wildman–Crippen MR) is 82.8 cm³/mol. The number of methoxy groups -OCH3 is 1. The molecule has 4 nitrogen and oxygen atoms in total. The number of hydrogen-bond donors (Lipinski definition) is 2. The van der Waals surface area contributed by atoms with Crippen LogP contribution in [0.3, 0.4) is 0 Å². The lowest BCUT2D eigenvalue weighted by molar-refractivity contribution is -0.140. The Kier molecular flexibility index (Phi) is 5.23. The summed E-state index contributed by atoms with van der Waals surface area (Å²) >= 11 is 0. The van der Waals surface area contributed by atoms with Gasteiger partial charge in [-0.25, -0.2) is 0 Å². The Morgan fingerprint density at radius 2 is 1.95 bits per heavy atom. The first-order valence-corrected chi connectivity index (χ1v) is 7.62. The standard InChI is InChI=1S/C17H25NO3/c1-11(2)8-16(17(19)20)18-14-9-13(10-14)12-4-6-15(21-3)7-5-12/h4-7,11,13-14,16,18H,8-10H2,1-3H3,(H,19,20). The van der Waals surface area contributed by atoms with E-state index in [1.165, 1.54) is 5.56 Å². The third-order valence-electron chi connectivity index (χ3n) is 4.17. The van der Waals surface area contributed by atoms with Crippen molar-refractivity contribution in [3.8, 4) is 5.75 Å². The molecule has 1 unspecified atom stereocenters. The molecule has 1 saturated carbocycles. The number of carboxylic acids is 1. The van der Waals surface area contributed by atoms with Gasteiger partial charge >= 0.3 is 5.97 Å². The van der Waals surface area contributed by atoms with E-state index in [1.54, 1.807) is 7.11 Å². The van der Waals surface area contributed by atoms with Gasteiger partial charge in [0.05, 0.1) is 7.11 Å². The normalized spacial score (nSPS) is 22.7. The van der Waals surface area contributed by atoms with Gasteiger partial charge in [-0.2, -0.15) is 0 Å². The molecule has 0 aromatic heterocycles. The summed E-state index contributed by atoms with van der Waals surface area (Å²) in [7, 11) is 1.67. The molecule has 1 aliphatic rings. The van der Waals surface area contributed by atoms with Gasteiger partial charge in [0.2, 0.25) is 0 Å². The fourth-order valence-electron chi connectivity index (χ4n) is 2.90. The number of carboxylic acid groups (broad SMARTS) is 1. The van der Waals surface area contributed by atoms with Crippen molar-refractivity contribution in [2.24, 2.45) is 5.92 Å². The molecule has 1 aromatic carbocycles. The third-order valence-corrected chi connectivity index (χ3v) is 4.17. The highest BCUT2D eigenvalue weighted by Gasteiger charge is 2.33. The molecule has 1 fully saturated rings. The molecule has 0 amide bonds. The predicted octanol–water partition coefficient (Wildman–Crippen LogP) is 3.03. The van der Waals surface area contributed by atoms with Crippen LogP contribution in [0.2, 0.25) is 0 Å². The smallest absolute Gasteiger partial charge is 0.320 e. The van der Waals surface area contributed by atoms with Gasteiger partial charge in [0.25, 0.3) is 0 Å². The molecule has 0 bridgehead atoms. The highest BCUT2D eigenvalue weighted by molar-refractivity contribution is 5.73. The Bertz CT molecular complexity index is 463. The van der Waals surface area contributed by atoms with Crippen LogP contribution in [-0.2, 0) is 4.79 Å². The van der Waals surface area contributed by atoms with Crippen LogP contribution in [0.15, 0.2) is 24.3 Å². The van der Waals surface area contributed by atoms with Crippen molar-refractivity contribution >= 4 is 5.97 Å². The highest BCUT2D eigenvalue weighted by Crippen LogP contribution is 2.37. The summed E-state index contributed by atoms with van der Waals surface area (Å²) in [6.07, 6.45) is 2.70. The Labute approximate surface area is 126 Å². The SMILES string of the molecule is COc1ccc(C2CC(NC(CC(C)C)C(=O)O)C2)cc1. The Balaban J connectivity index is 1.83. The van der Waals surface area contributed by atoms with Gasteiger partial charge in [0.15, 0.2) is 0 Å². The molecule has 1 aliphatic carbocycles. The summed E-state index contributed by atoms with van der Waals surface area (Å²) in [6.45, 7) is 4.11. The second-order valence-corrected chi connectivity index (χ2v) is 6.33. The van der Waals surface area contributed by atoms with Crippen molar-refractivity contribution in [3.05, 3.63) is 29.8 Å². The van der Waals surface area contributed by atoms with Crippen LogP contribution in [0.4, 0.5) is 0 Å². The van der Waals surface area contributed by atoms with Crippen molar-refractivity contribution in [3.63, 3.8) is 0 Å². The number of nitrogens with one attached hydrogen (secondary N) is 1. The van der Waals surface area contributed by atoms with E-state index in [4.69, 9.17) is 4.74 Å². The average molecular weight is 291 g/mol. The van der Waals surface area contributed by atoms with E-state index in [0.29, 0.717) is 24.3 Å². The monoisotopic (exact) mass is 291 g/mol. The van der Waals surface area contributed by atoms with E-state index < -0.39 is 12.0 Å². The molecule has 0 heterocycles. The number of hydrogen-bond acceptors (Lipinski definition) is 3. The fraction of sp³-hybridized carbons (Fsp3) is 0.588. The lowest BCUT2D eigenvalue weighted by Gasteiger charge is -2.38. The average Bonchev–Trinajstić information content (AvgIpc) is 2.40. The van der Waals surface area contributed by atoms with Crippen LogP contribution in [-0.4, -0.2) is 30.3 Å². The van der Waals surface area contributed by atoms with Crippen molar-refractivity contribution in [2.75, 3.05) is 7.11 Å². The Morgan fingerprint density at radius 1 is 1.33 bits per heavy atom. The van der Waals surface area contributed by atoms with Gasteiger partial charge in [-0.1, -0.05) is 26.0 Å². The maximum Gasteiger partial charge on any atom is 0.320 e. The molecule has 21 heavy (non-hydrogen) atoms. The summed E-state index contributed by atoms with van der Waals surface area (Å²) < 4.78 is 5.16. The molecular formula is C17H25NO3. The summed E-state index contributed by atoms with van der Waals surface area (Å²) in [5.41, 5.74) is 1.31. The van der Waals surface area contributed by atoms with Crippen molar-refractivity contribution in [1.82, 2.24) is 5.32 Å². The van der Waals surface area contributed by atoms with Gasteiger partial charge in [-0.05, 0) is 48.8 Å². The van der Waals surface area contributed by atoms with E-state index in [2.05, 4.69) is 31.3 Å². The van der Waals surface area contributed by atoms with E-state index >= 15 is 0 Å². The maximum absolute atomic E-state index is 11.3. The molecule has 4 heteroatoms. The highest BCUT2D eigenvalue weighted by atomic mass is 16.5. The summed E-state index contributed by atoms with van der Waals surface area (Å²) in [5.74, 6) is 1.05. The minimum Gasteiger partial charge on any atom is -0.497 e. The molecule has 1 aromatic rings. The third kappa shape index (κ3) is 4.21. The number of aliphatic carboxylic acids is 1. The zero-order valence-corrected chi connectivity index (χ0v) is 13.0. The summed E-state index contributed by atoms with van der Waals surface area (Å²) in [6, 6.07) is 8.05. The molecule has 0 spiro atoms. The van der Waals surface area contributed by atoms with E-state index in [0.717, 1.165) is 18.6 Å². The Morgan fingerprint density at radius 3 is 2.43 bits per heavy atom. The molecular weight excluding hydrogens is 266 g/mol. The largest absolute Gasteiger partial charge is 0.497 e. The number of benzene rings is 1. The lowest BCUT2D eigenvalue weighted by atomic mass is 9.75. The van der Waals surface area contributed by atoms with E-state index in [9.17, 15) is 9.90 Å². The minimum atomic E-state index is -0.739. The van der Waals surface area contributed by atoms with Gasteiger partial charge in [0, 0.05) is 6.04 Å². The van der Waals surface area contributed by atoms with Crippen LogP contribution in [0.25, 0.3) is 0 Å². The zero-order chi connectivity index (χ0) is 15.4. The van der Waals surface area contributed by atoms with Gasteiger partial charge in [-0.15, -0.1) is 0 Å². The first-order valence-electron chi connectivity index (χ1n) is 7.62. The maximum atomic E-state index is 11.3. The number of ether oxygens (including phenoxy) is 1. The van der Waals surface area contributed by atoms with E-state index in [1.807, 2.05) is 12.1 Å². The molecule has 0 aliphatic heterocycles. The minimum absolute atomic E-state index is 0.317. The van der Waals surface area contributed by atoms with Crippen LogP contribution >= 0.6 is 0 Å². The first kappa shape index (κ1) is 15.8. The van der Waals surface area contributed by atoms with Crippen LogP contribution in [0.5, 0.6) is 5.75 Å². The number of rotatable bonds is 7. The van der Waals surface area contributed by atoms with E-state index in [-0.39, 0.29) is 0 Å². The molecule has 116 valence electrons. The molecule has 0 radical (unpaired) electrons. The zero-order valence-electron chi connectivity index (χ0n) is 13.0. The van der Waals surface area contributed by atoms with Gasteiger partial charge in [-0.3, -0.25) is 4.79 Å². The van der Waals surface area contributed by atoms with Gasteiger partial charge in [0.1, 0.15) is 11.8 Å². The molecule has 2 rings (SSSR count). The fourth-order valence-corrected chi connectivity index (χ4v) is 2.90. The Hall–Kier alpha value is -1.55. The molecule has 1 atom stereocenters. The van der Waals surface area contributed by atoms with Crippen molar-refractivity contribution in [2.45, 2.75) is 51.1 Å². The van der Waals surface area contributed by atoms with Crippen LogP contribution in [0.1, 0.15) is 44.6 Å². The van der Waals surface area contributed by atoms with Crippen molar-refractivity contribution in [1.29, 1.82) is 0 Å². The topological polar surface area (TPSA) is 58.6 Å². The number of carbonyl (C=O) groups is 1. The van der Waals surface area contributed by atoms with Gasteiger partial charge < -0.3 is 15.2 Å². The summed E-state index contributed by atoms with van der Waals surface area (Å²) in [4.78, 5) is 11.3.